The van der Waals surface area contributed by atoms with Crippen LogP contribution in [0.3, 0.4) is 0 Å². The van der Waals surface area contributed by atoms with Crippen molar-refractivity contribution < 1.29 is 4.79 Å². The topological polar surface area (TPSA) is 127 Å². The summed E-state index contributed by atoms with van der Waals surface area (Å²) >= 11 is 0. The molecule has 2 aromatic carbocycles. The normalized spacial score (nSPS) is 10.9. The van der Waals surface area contributed by atoms with Gasteiger partial charge in [-0.1, -0.05) is 42.5 Å². The number of hydrogen-bond donors (Lipinski definition) is 3. The molecule has 0 aliphatic carbocycles. The molecule has 3 N–H and O–H groups in total. The molecule has 170 valence electrons. The molecule has 11 heteroatoms. The van der Waals surface area contributed by atoms with Crippen LogP contribution < -0.4 is 16.0 Å². The van der Waals surface area contributed by atoms with E-state index in [-0.39, 0.29) is 6.03 Å². The van der Waals surface area contributed by atoms with Crippen LogP contribution in [0.2, 0.25) is 0 Å². The summed E-state index contributed by atoms with van der Waals surface area (Å²) in [5.74, 6) is 1.44. The third-order valence-corrected chi connectivity index (χ3v) is 5.11. The second kappa shape index (κ2) is 8.98. The number of nitrogens with zero attached hydrogens (tertiary/aromatic N) is 7. The number of amides is 1. The minimum Gasteiger partial charge on any atom is -0.371 e. The van der Waals surface area contributed by atoms with Gasteiger partial charge in [0, 0.05) is 31.9 Å². The van der Waals surface area contributed by atoms with E-state index < -0.39 is 0 Å². The number of hydrogen-bond acceptors (Lipinski definition) is 8. The van der Waals surface area contributed by atoms with E-state index in [2.05, 4.69) is 41.0 Å². The average Bonchev–Trinajstić information content (AvgIpc) is 3.49. The maximum absolute atomic E-state index is 12.9. The number of carbonyl (C=O) groups is 1. The molecule has 0 spiro atoms. The maximum Gasteiger partial charge on any atom is 0.328 e. The molecule has 0 aliphatic heterocycles. The monoisotopic (exact) mass is 454 g/mol. The third-order valence-electron chi connectivity index (χ3n) is 5.11. The Labute approximate surface area is 194 Å². The van der Waals surface area contributed by atoms with E-state index >= 15 is 0 Å². The van der Waals surface area contributed by atoms with Gasteiger partial charge in [-0.15, -0.1) is 0 Å². The molecular formula is C23H22N10O. The van der Waals surface area contributed by atoms with E-state index in [4.69, 9.17) is 0 Å². The van der Waals surface area contributed by atoms with Gasteiger partial charge < -0.3 is 16.0 Å². The van der Waals surface area contributed by atoms with Crippen molar-refractivity contribution in [2.75, 3.05) is 17.7 Å². The van der Waals surface area contributed by atoms with Crippen molar-refractivity contribution in [3.05, 3.63) is 72.8 Å². The van der Waals surface area contributed by atoms with Gasteiger partial charge in [0.25, 0.3) is 0 Å². The summed E-state index contributed by atoms with van der Waals surface area (Å²) < 4.78 is 3.02. The minimum absolute atomic E-state index is 0.320. The van der Waals surface area contributed by atoms with E-state index in [1.165, 1.54) is 10.9 Å². The van der Waals surface area contributed by atoms with Crippen molar-refractivity contribution in [2.24, 2.45) is 7.05 Å². The van der Waals surface area contributed by atoms with E-state index in [1.807, 2.05) is 61.6 Å². The van der Waals surface area contributed by atoms with Crippen molar-refractivity contribution in [1.29, 1.82) is 0 Å². The average molecular weight is 454 g/mol. The molecule has 5 rings (SSSR count). The first-order valence-electron chi connectivity index (χ1n) is 10.6. The Hall–Kier alpha value is -4.80. The van der Waals surface area contributed by atoms with Gasteiger partial charge in [0.15, 0.2) is 22.8 Å². The van der Waals surface area contributed by atoms with Crippen LogP contribution in [-0.4, -0.2) is 47.4 Å². The first kappa shape index (κ1) is 21.1. The van der Waals surface area contributed by atoms with Crippen LogP contribution >= 0.6 is 0 Å². The van der Waals surface area contributed by atoms with E-state index in [1.54, 1.807) is 18.1 Å². The van der Waals surface area contributed by atoms with Crippen molar-refractivity contribution >= 4 is 34.6 Å². The van der Waals surface area contributed by atoms with Crippen LogP contribution in [0.1, 0.15) is 5.56 Å². The molecule has 34 heavy (non-hydrogen) atoms. The fraction of sp³-hybridized carbons (Fsp3) is 0.130. The summed E-state index contributed by atoms with van der Waals surface area (Å²) in [4.78, 5) is 30.6. The van der Waals surface area contributed by atoms with E-state index in [9.17, 15) is 4.79 Å². The molecule has 0 aliphatic rings. The molecule has 3 aromatic heterocycles. The minimum atomic E-state index is -0.332. The van der Waals surface area contributed by atoms with Gasteiger partial charge in [-0.3, -0.25) is 4.68 Å². The summed E-state index contributed by atoms with van der Waals surface area (Å²) in [5, 5.41) is 13.5. The molecule has 0 fully saturated rings. The number of fused-ring (bicyclic) bond motifs is 1. The van der Waals surface area contributed by atoms with Crippen LogP contribution in [0.25, 0.3) is 22.6 Å². The van der Waals surface area contributed by atoms with Crippen LogP contribution in [-0.2, 0) is 13.6 Å². The lowest BCUT2D eigenvalue weighted by molar-refractivity contribution is 0.242. The zero-order chi connectivity index (χ0) is 23.5. The molecule has 0 atom stereocenters. The van der Waals surface area contributed by atoms with E-state index in [0.717, 1.165) is 16.8 Å². The number of rotatable bonds is 6. The Kier molecular flexibility index (Phi) is 5.56. The maximum atomic E-state index is 12.9. The van der Waals surface area contributed by atoms with Gasteiger partial charge >= 0.3 is 6.03 Å². The molecule has 5 aromatic rings. The zero-order valence-corrected chi connectivity index (χ0v) is 18.6. The fourth-order valence-corrected chi connectivity index (χ4v) is 3.47. The molecule has 0 saturated heterocycles. The highest BCUT2D eigenvalue weighted by molar-refractivity contribution is 5.92. The fourth-order valence-electron chi connectivity index (χ4n) is 3.47. The smallest absolute Gasteiger partial charge is 0.328 e. The Balaban J connectivity index is 1.43. The molecule has 0 bridgehead atoms. The van der Waals surface area contributed by atoms with E-state index in [0.29, 0.717) is 35.3 Å². The van der Waals surface area contributed by atoms with Gasteiger partial charge in [-0.25, -0.2) is 19.3 Å². The first-order valence-corrected chi connectivity index (χ1v) is 10.6. The second-order valence-electron chi connectivity index (χ2n) is 7.52. The summed E-state index contributed by atoms with van der Waals surface area (Å²) in [5.41, 5.74) is 3.48. The molecule has 11 nitrogen and oxygen atoms in total. The zero-order valence-electron chi connectivity index (χ0n) is 18.6. The largest absolute Gasteiger partial charge is 0.371 e. The Morgan fingerprint density at radius 3 is 2.62 bits per heavy atom. The van der Waals surface area contributed by atoms with Gasteiger partial charge in [0.2, 0.25) is 5.95 Å². The summed E-state index contributed by atoms with van der Waals surface area (Å²) in [6, 6.07) is 17.0. The van der Waals surface area contributed by atoms with Crippen LogP contribution in [0.15, 0.2) is 67.3 Å². The van der Waals surface area contributed by atoms with Crippen molar-refractivity contribution in [3.8, 4) is 11.4 Å². The lowest BCUT2D eigenvalue weighted by Crippen LogP contribution is -2.27. The summed E-state index contributed by atoms with van der Waals surface area (Å²) in [7, 11) is 3.56. The van der Waals surface area contributed by atoms with Crippen molar-refractivity contribution in [2.45, 2.75) is 6.54 Å². The highest BCUT2D eigenvalue weighted by atomic mass is 16.2. The number of benzene rings is 2. The highest BCUT2D eigenvalue weighted by Gasteiger charge is 2.17. The van der Waals surface area contributed by atoms with Crippen LogP contribution in [0.4, 0.5) is 22.2 Å². The van der Waals surface area contributed by atoms with Crippen LogP contribution in [0, 0.1) is 0 Å². The number of imidazole rings is 1. The third kappa shape index (κ3) is 4.26. The van der Waals surface area contributed by atoms with Crippen LogP contribution in [0.5, 0.6) is 0 Å². The molecule has 0 saturated carbocycles. The number of aryl methyl sites for hydroxylation is 1. The first-order chi connectivity index (χ1) is 16.6. The predicted octanol–water partition coefficient (Wildman–Crippen LogP) is 3.17. The lowest BCUT2D eigenvalue weighted by Gasteiger charge is -2.10. The number of carbonyl (C=O) groups excluding carboxylic acids is 1. The molecule has 0 radical (unpaired) electrons. The highest BCUT2D eigenvalue weighted by Crippen LogP contribution is 2.24. The standard InChI is InChI=1S/C23H22N10O/c1-24-20-18-21(33(14-26-18)23(34)25-12-15-7-4-3-5-8-15)30-22(29-20)28-17-10-6-9-16(11-17)19-27-13-32(2)31-19/h3-11,13-14H,12H2,1-2H3,(H,25,34)(H2,24,28,29,30). The Morgan fingerprint density at radius 2 is 1.85 bits per heavy atom. The van der Waals surface area contributed by atoms with Gasteiger partial charge in [-0.2, -0.15) is 15.1 Å². The molecule has 1 amide bonds. The number of anilines is 3. The summed E-state index contributed by atoms with van der Waals surface area (Å²) in [6.45, 7) is 0.392. The number of nitrogens with one attached hydrogen (secondary N) is 3. The van der Waals surface area contributed by atoms with Crippen molar-refractivity contribution in [3.63, 3.8) is 0 Å². The van der Waals surface area contributed by atoms with Gasteiger partial charge in [-0.05, 0) is 17.7 Å². The second-order valence-corrected chi connectivity index (χ2v) is 7.52. The molecular weight excluding hydrogens is 432 g/mol. The van der Waals surface area contributed by atoms with Gasteiger partial charge in [0.1, 0.15) is 12.7 Å². The lowest BCUT2D eigenvalue weighted by atomic mass is 10.2. The SMILES string of the molecule is CNc1nc(Nc2cccc(-c3ncn(C)n3)c2)nc2c1ncn2C(=O)NCc1ccccc1. The molecule has 0 unspecified atom stereocenters. The Bertz CT molecular complexity index is 1460. The number of aromatic nitrogens is 7. The Morgan fingerprint density at radius 1 is 1.00 bits per heavy atom. The van der Waals surface area contributed by atoms with Gasteiger partial charge in [0.05, 0.1) is 0 Å². The molecule has 3 heterocycles. The predicted molar refractivity (Wildman–Crippen MR) is 129 cm³/mol. The summed E-state index contributed by atoms with van der Waals surface area (Å²) in [6.07, 6.45) is 3.09. The van der Waals surface area contributed by atoms with Crippen molar-refractivity contribution in [1.82, 2.24) is 39.6 Å². The quantitative estimate of drug-likeness (QED) is 0.357.